The lowest BCUT2D eigenvalue weighted by atomic mass is 9.84. The van der Waals surface area contributed by atoms with E-state index < -0.39 is 371 Å². The number of halogens is 2. The zero-order chi connectivity index (χ0) is 101. The van der Waals surface area contributed by atoms with Crippen LogP contribution in [0.15, 0.2) is 0 Å². The van der Waals surface area contributed by atoms with E-state index in [9.17, 15) is 167 Å². The van der Waals surface area contributed by atoms with Crippen LogP contribution in [0.4, 0.5) is 8.60 Å². The molecule has 10 aliphatic rings. The third kappa shape index (κ3) is 28.4. The van der Waals surface area contributed by atoms with E-state index in [-0.39, 0.29) is 48.6 Å². The molecule has 130 heavy (non-hydrogen) atoms. The number of hydrogen-bond donors (Lipinski definition) is 33. The fourth-order valence-electron chi connectivity index (χ4n) is 16.3. The van der Waals surface area contributed by atoms with Gasteiger partial charge in [-0.15, -0.1) is 0 Å². The Kier molecular flexibility index (Phi) is 47.9. The maximum absolute atomic E-state index is 12.3. The summed E-state index contributed by atoms with van der Waals surface area (Å²) in [5, 5.41) is 315. The summed E-state index contributed by atoms with van der Waals surface area (Å²) in [5.41, 5.74) is 0. The van der Waals surface area contributed by atoms with Crippen molar-refractivity contribution in [1.29, 1.82) is 2.57 Å². The summed E-state index contributed by atoms with van der Waals surface area (Å²) < 4.78 is 111. The third-order valence-electron chi connectivity index (χ3n) is 26.2. The van der Waals surface area contributed by atoms with E-state index in [1.807, 2.05) is 13.8 Å². The number of aliphatic carboxylic acids is 2. The average Bonchev–Trinajstić information content (AvgIpc) is 0.767. The predicted molar refractivity (Wildman–Crippen MR) is 429 cm³/mol. The number of carboxylic acids is 2. The molecular weight excluding hydrogens is 1790 g/mol. The minimum atomic E-state index is -2.52. The molecule has 32 N–H and O–H groups in total. The van der Waals surface area contributed by atoms with Gasteiger partial charge >= 0.3 is 11.9 Å². The van der Waals surface area contributed by atoms with Crippen LogP contribution >= 0.6 is 12.9 Å². The van der Waals surface area contributed by atoms with Crippen molar-refractivity contribution < 1.29 is 253 Å². The van der Waals surface area contributed by atoms with Gasteiger partial charge in [0.1, 0.15) is 160 Å². The van der Waals surface area contributed by atoms with Gasteiger partial charge in [-0.3, -0.25) is 4.72 Å². The Morgan fingerprint density at radius 1 is 0.346 bits per heavy atom. The van der Waals surface area contributed by atoms with Gasteiger partial charge in [-0.25, -0.2) is 9.59 Å². The molecule has 0 spiro atoms. The Bertz CT molecular complexity index is 3170. The molecule has 10 heterocycles. The molecule has 0 bridgehead atoms. The fourth-order valence-corrected chi connectivity index (χ4v) is 16.3. The highest BCUT2D eigenvalue weighted by Crippen LogP contribution is 2.42. The highest BCUT2D eigenvalue weighted by atomic mass is 32.1. The van der Waals surface area contributed by atoms with Gasteiger partial charge in [0.2, 0.25) is 0 Å². The Balaban J connectivity index is 0.000000354. The van der Waals surface area contributed by atoms with Gasteiger partial charge in [0.15, 0.2) is 18.9 Å². The Labute approximate surface area is 755 Å². The first-order valence-electron chi connectivity index (χ1n) is 43.4. The number of rotatable bonds is 26. The van der Waals surface area contributed by atoms with Crippen molar-refractivity contribution in [3.05, 3.63) is 0 Å². The molecule has 0 amide bonds. The molecule has 0 aromatic heterocycles. The highest BCUT2D eigenvalue weighted by molar-refractivity contribution is 7.74. The van der Waals surface area contributed by atoms with E-state index in [2.05, 4.69) is 1.45 Å². The third-order valence-corrected chi connectivity index (χ3v) is 26.2. The van der Waals surface area contributed by atoms with E-state index in [1.165, 1.54) is 13.8 Å². The number of hydrogen-bond acceptors (Lipinski definition) is 48. The number of ether oxygens (including phenoxy) is 15. The van der Waals surface area contributed by atoms with Crippen LogP contribution < -0.4 is 0 Å². The first-order chi connectivity index (χ1) is 61.7. The van der Waals surface area contributed by atoms with Crippen LogP contribution in [-0.4, -0.2) is 519 Å². The first-order valence-corrected chi connectivity index (χ1v) is 42.9. The monoisotopic (exact) mass is 1940 g/mol. The molecule has 0 aromatic rings. The van der Waals surface area contributed by atoms with E-state index in [0.29, 0.717) is 0 Å². The molecule has 49 nitrogen and oxygen atoms in total. The molecule has 52 heteroatoms. The van der Waals surface area contributed by atoms with Crippen LogP contribution in [0.1, 0.15) is 95.9 Å². The highest BCUT2D eigenvalue weighted by Gasteiger charge is 2.60. The van der Waals surface area contributed by atoms with Crippen molar-refractivity contribution in [3.8, 4) is 0 Å². The molecule has 48 unspecified atom stereocenters. The first kappa shape index (κ1) is 116. The Hall–Kier alpha value is -2.65. The molecule has 0 aromatic carbocycles. The quantitative estimate of drug-likeness (QED) is 0.0358. The number of carbonyl (C=O) groups is 2. The number of aliphatic hydroxyl groups excluding tert-OH is 30. The zero-order valence-corrected chi connectivity index (χ0v) is 74.6. The molecule has 10 aliphatic heterocycles. The minimum Gasteiger partial charge on any atom is -0.477 e. The van der Waals surface area contributed by atoms with Gasteiger partial charge in [0, 0.05) is 67.2 Å². The van der Waals surface area contributed by atoms with Crippen LogP contribution in [0, 0.1) is 41.4 Å². The number of carboxylic acid groups (broad SMARTS) is 2. The van der Waals surface area contributed by atoms with Crippen molar-refractivity contribution in [3.63, 3.8) is 0 Å². The van der Waals surface area contributed by atoms with Crippen molar-refractivity contribution in [2.75, 3.05) is 66.1 Å². The summed E-state index contributed by atoms with van der Waals surface area (Å²) >= 11 is -0.500. The SMILES string of the molecule is CC1OC(CO)C(O)C(O)C1C.CC1OC(CO)C(O)C(OC2OC(CO)C(O)C(O)C2O)C1C.CC1OC(CO)C(O)C(OC2OC(CO)C(O)C(O)C2O)C1C.CC1OC(COC2(C(=O)O)CC(O)C(C)C([C@H](O)[C@H](O)CO)O2)C(O)C(O)C1C.CC1OC(COC2(C(=O)O)CC(O)C(C)C([C@H](O)[C@H](O)CO)O2)C(O)C(OC2OC(CO)C(O)C(O)C2O)C1C.[3H]F.[3H]SF. The molecule has 770 valence electrons. The smallest absolute Gasteiger partial charge is 0.364 e. The Morgan fingerprint density at radius 3 is 0.815 bits per heavy atom. The van der Waals surface area contributed by atoms with Crippen LogP contribution in [0.2, 0.25) is 0 Å². The van der Waals surface area contributed by atoms with Crippen molar-refractivity contribution in [2.45, 2.75) is 371 Å². The van der Waals surface area contributed by atoms with Gasteiger partial charge in [-0.05, 0) is 34.6 Å². The summed E-state index contributed by atoms with van der Waals surface area (Å²) in [7, 11) is 0. The summed E-state index contributed by atoms with van der Waals surface area (Å²) in [5.74, 6) is -11.3. The van der Waals surface area contributed by atoms with Crippen LogP contribution in [0.25, 0.3) is 0 Å². The van der Waals surface area contributed by atoms with E-state index in [0.717, 1.165) is 0 Å². The van der Waals surface area contributed by atoms with Crippen LogP contribution in [0.5, 0.6) is 0 Å². The van der Waals surface area contributed by atoms with Crippen molar-refractivity contribution in [2.24, 2.45) is 41.4 Å². The standard InChI is InChI=1S/C24H42O16.C18H32O11.2C14H26O9.C8H16O4.FHS.FH/c1-8-10(3)37-14(17(31)20(8)39-22-19(33)18(32)16(30)13(6-26)38-22)7-36-24(23(34)35)4-11(27)9(2)21(40-24)15(29)12(28)5-25;1-7-9(3)28-12(15(24)13(7)22)6-27-18(17(25)26)4-10(20)8(2)16(29-18)14(23)11(21)5-19;2*1-5-6(2)21-8(4-16)10(18)13(5)23-14-12(20)11(19)9(17)7(3-15)22-14;1-4-5(2)12-6(3-9)8(11)7(4)10;1-2;/h8-22,25-33H,4-7H2,1-3H3,(H,34,35);7-16,19-24H,4-6H2,1-3H3,(H,25,26);2*5-20H,3-4H2,1-2H3;4-11H,3H2,1-2H3;2H;1H/t8?,9?,10?,11?,12-,13?,14?,15-,16?,17?,18?,19?,20?,21?,22?,24?;7?,8?,9?,10?,11-,12?,13?,14-,15?,16?,18?;;;;;/m11...../s1/i;;;;;2T;/hT. The normalized spacial score (nSPS) is 47.9. The lowest BCUT2D eigenvalue weighted by molar-refractivity contribution is -0.345. The molecule has 0 saturated carbocycles. The van der Waals surface area contributed by atoms with Gasteiger partial charge in [-0.2, -0.15) is 3.89 Å². The molecule has 0 aliphatic carbocycles. The molecule has 52 atom stereocenters. The van der Waals surface area contributed by atoms with Crippen molar-refractivity contribution in [1.82, 2.24) is 0 Å². The van der Waals surface area contributed by atoms with Gasteiger partial charge in [-0.1, -0.05) is 48.5 Å². The van der Waals surface area contributed by atoms with Crippen LogP contribution in [-0.2, 0) is 80.6 Å². The van der Waals surface area contributed by atoms with E-state index in [4.69, 9.17) is 87.1 Å². The van der Waals surface area contributed by atoms with Gasteiger partial charge in [0.05, 0.1) is 152 Å². The van der Waals surface area contributed by atoms with Crippen LogP contribution in [0.3, 0.4) is 0 Å². The predicted octanol–water partition coefficient (Wildman–Crippen LogP) is -13.3. The number of aliphatic hydroxyl groups is 30. The maximum Gasteiger partial charge on any atom is 0.364 e. The molecule has 0 radical (unpaired) electrons. The van der Waals surface area contributed by atoms with Gasteiger partial charge in [0.25, 0.3) is 13.0 Å². The Morgan fingerprint density at radius 2 is 0.562 bits per heavy atom. The average molecular weight is 1940 g/mol. The van der Waals surface area contributed by atoms with Crippen molar-refractivity contribution >= 4 is 24.9 Å². The summed E-state index contributed by atoms with van der Waals surface area (Å²) in [6.45, 7) is 14.8. The summed E-state index contributed by atoms with van der Waals surface area (Å²) in [4.78, 5) is 24.3. The van der Waals surface area contributed by atoms with Gasteiger partial charge < -0.3 is 234 Å². The second kappa shape index (κ2) is 53.7. The second-order valence-corrected chi connectivity index (χ2v) is 34.7. The molecule has 10 fully saturated rings. The molecule has 10 rings (SSSR count). The van der Waals surface area contributed by atoms with E-state index in [1.54, 1.807) is 55.4 Å². The maximum atomic E-state index is 12.3. The summed E-state index contributed by atoms with van der Waals surface area (Å²) in [6.07, 6.45) is -52.1. The second-order valence-electron chi connectivity index (χ2n) is 34.7. The largest absolute Gasteiger partial charge is 0.477 e. The lowest BCUT2D eigenvalue weighted by Gasteiger charge is -2.48. The van der Waals surface area contributed by atoms with E-state index >= 15 is 0 Å². The summed E-state index contributed by atoms with van der Waals surface area (Å²) in [6, 6.07) is 0. The topological polar surface area (TPSA) is 820 Å². The molecular formula is C78H144F2O49S. The zero-order valence-electron chi connectivity index (χ0n) is 75.8. The minimum absolute atomic E-state index is 0.0946. The lowest BCUT2D eigenvalue weighted by Crippen LogP contribution is -2.64. The number of thiol groups is 1. The fraction of sp³-hybridized carbons (Fsp3) is 0.974. The molecule has 10 saturated heterocycles.